The van der Waals surface area contributed by atoms with Gasteiger partial charge in [-0.3, -0.25) is 9.59 Å². The molecule has 0 radical (unpaired) electrons. The third kappa shape index (κ3) is 4.12. The van der Waals surface area contributed by atoms with E-state index in [1.807, 2.05) is 24.3 Å². The van der Waals surface area contributed by atoms with Gasteiger partial charge in [0.25, 0.3) is 5.91 Å². The number of amides is 1. The Morgan fingerprint density at radius 2 is 1.62 bits per heavy atom. The summed E-state index contributed by atoms with van der Waals surface area (Å²) >= 11 is 0. The maximum absolute atomic E-state index is 12.6. The second-order valence-electron chi connectivity index (χ2n) is 7.55. The summed E-state index contributed by atoms with van der Waals surface area (Å²) in [5.41, 5.74) is 8.19. The summed E-state index contributed by atoms with van der Waals surface area (Å²) in [4.78, 5) is 24.6. The normalized spacial score (nSPS) is 16.1. The number of benzene rings is 2. The van der Waals surface area contributed by atoms with E-state index in [4.69, 9.17) is 15.2 Å². The van der Waals surface area contributed by atoms with E-state index in [2.05, 4.69) is 5.32 Å². The molecule has 1 fully saturated rings. The van der Waals surface area contributed by atoms with E-state index in [1.165, 1.54) is 7.11 Å². The lowest BCUT2D eigenvalue weighted by Gasteiger charge is -2.34. The highest BCUT2D eigenvalue weighted by molar-refractivity contribution is 6.04. The van der Waals surface area contributed by atoms with Gasteiger partial charge in [0.2, 0.25) is 0 Å². The molecular weight excluding hydrogens is 368 g/mol. The van der Waals surface area contributed by atoms with Crippen molar-refractivity contribution < 1.29 is 19.1 Å². The second-order valence-corrected chi connectivity index (χ2v) is 7.55. The van der Waals surface area contributed by atoms with E-state index in [0.717, 1.165) is 31.2 Å². The topological polar surface area (TPSA) is 90.6 Å². The van der Waals surface area contributed by atoms with Crippen molar-refractivity contribution in [2.24, 2.45) is 5.73 Å². The molecule has 0 aliphatic heterocycles. The van der Waals surface area contributed by atoms with Crippen molar-refractivity contribution in [3.8, 4) is 11.5 Å². The van der Waals surface area contributed by atoms with Crippen LogP contribution in [0.5, 0.6) is 11.5 Å². The zero-order valence-electron chi connectivity index (χ0n) is 17.2. The van der Waals surface area contributed by atoms with Crippen LogP contribution in [0.4, 0.5) is 5.69 Å². The SMILES string of the molecule is COc1ccc(C(=O)Nc2ccc(C3(C(N)C(C)=O)CCCC3)cc2)cc1OC. The average molecular weight is 396 g/mol. The fourth-order valence-electron chi connectivity index (χ4n) is 4.24. The molecule has 6 nitrogen and oxygen atoms in total. The standard InChI is InChI=1S/C23H28N2O4/c1-15(26)21(24)23(12-4-5-13-23)17-7-9-18(10-8-17)25-22(27)16-6-11-19(28-2)20(14-16)29-3/h6-11,14,21H,4-5,12-13,24H2,1-3H3,(H,25,27). The number of methoxy groups -OCH3 is 2. The highest BCUT2D eigenvalue weighted by Gasteiger charge is 2.43. The van der Waals surface area contributed by atoms with Crippen molar-refractivity contribution in [3.63, 3.8) is 0 Å². The lowest BCUT2D eigenvalue weighted by molar-refractivity contribution is -0.119. The maximum atomic E-state index is 12.6. The van der Waals surface area contributed by atoms with Crippen molar-refractivity contribution >= 4 is 17.4 Å². The molecule has 154 valence electrons. The van der Waals surface area contributed by atoms with Crippen molar-refractivity contribution in [3.05, 3.63) is 53.6 Å². The summed E-state index contributed by atoms with van der Waals surface area (Å²) in [5.74, 6) is 0.835. The molecule has 6 heteroatoms. The van der Waals surface area contributed by atoms with Crippen LogP contribution in [-0.4, -0.2) is 32.0 Å². The molecule has 1 saturated carbocycles. The molecule has 1 aliphatic rings. The molecule has 1 aliphatic carbocycles. The molecule has 2 aromatic rings. The lowest BCUT2D eigenvalue weighted by atomic mass is 9.72. The Balaban J connectivity index is 1.78. The van der Waals surface area contributed by atoms with E-state index in [1.54, 1.807) is 32.2 Å². The highest BCUT2D eigenvalue weighted by atomic mass is 16.5. The Labute approximate surface area is 171 Å². The number of carbonyl (C=O) groups excluding carboxylic acids is 2. The number of ether oxygens (including phenoxy) is 2. The number of hydrogen-bond donors (Lipinski definition) is 2. The van der Waals surface area contributed by atoms with E-state index < -0.39 is 6.04 Å². The number of anilines is 1. The lowest BCUT2D eigenvalue weighted by Crippen LogP contribution is -2.48. The van der Waals surface area contributed by atoms with Crippen LogP contribution in [0.1, 0.15) is 48.5 Å². The van der Waals surface area contributed by atoms with Crippen molar-refractivity contribution in [1.82, 2.24) is 0 Å². The minimum Gasteiger partial charge on any atom is -0.493 e. The van der Waals surface area contributed by atoms with Gasteiger partial charge in [-0.2, -0.15) is 0 Å². The number of carbonyl (C=O) groups is 2. The molecule has 0 aromatic heterocycles. The quantitative estimate of drug-likeness (QED) is 0.745. The van der Waals surface area contributed by atoms with Crippen molar-refractivity contribution in [2.45, 2.75) is 44.1 Å². The first-order chi connectivity index (χ1) is 13.9. The van der Waals surface area contributed by atoms with Gasteiger partial charge in [-0.25, -0.2) is 0 Å². The molecule has 0 spiro atoms. The van der Waals surface area contributed by atoms with Gasteiger partial charge in [-0.05, 0) is 55.7 Å². The van der Waals surface area contributed by atoms with Crippen LogP contribution >= 0.6 is 0 Å². The average Bonchev–Trinajstić information content (AvgIpc) is 3.24. The predicted molar refractivity (Wildman–Crippen MR) is 113 cm³/mol. The van der Waals surface area contributed by atoms with Gasteiger partial charge in [-0.1, -0.05) is 25.0 Å². The molecule has 3 N–H and O–H groups in total. The second kappa shape index (κ2) is 8.66. The first-order valence-corrected chi connectivity index (χ1v) is 9.81. The summed E-state index contributed by atoms with van der Waals surface area (Å²) in [7, 11) is 3.08. The van der Waals surface area contributed by atoms with Gasteiger partial charge in [0.15, 0.2) is 11.5 Å². The third-order valence-electron chi connectivity index (χ3n) is 5.89. The Morgan fingerprint density at radius 1 is 1.00 bits per heavy atom. The Bertz CT molecular complexity index is 886. The molecule has 2 aromatic carbocycles. The van der Waals surface area contributed by atoms with E-state index in [9.17, 15) is 9.59 Å². The molecule has 1 atom stereocenters. The fourth-order valence-corrected chi connectivity index (χ4v) is 4.24. The molecule has 1 amide bonds. The molecule has 3 rings (SSSR count). The van der Waals surface area contributed by atoms with E-state index >= 15 is 0 Å². The summed E-state index contributed by atoms with van der Waals surface area (Å²) in [6.45, 7) is 1.56. The smallest absolute Gasteiger partial charge is 0.255 e. The minimum atomic E-state index is -0.503. The summed E-state index contributed by atoms with van der Waals surface area (Å²) < 4.78 is 10.5. The van der Waals surface area contributed by atoms with Gasteiger partial charge >= 0.3 is 0 Å². The molecule has 0 saturated heterocycles. The predicted octanol–water partition coefficient (Wildman–Crippen LogP) is 3.68. The fraction of sp³-hybridized carbons (Fsp3) is 0.391. The van der Waals surface area contributed by atoms with Gasteiger partial charge < -0.3 is 20.5 Å². The van der Waals surface area contributed by atoms with Gasteiger partial charge in [0.1, 0.15) is 5.78 Å². The third-order valence-corrected chi connectivity index (χ3v) is 5.89. The molecule has 29 heavy (non-hydrogen) atoms. The summed E-state index contributed by atoms with van der Waals surface area (Å²) in [6, 6.07) is 12.2. The number of Topliss-reactive ketones (excluding diaryl/α,β-unsaturated/α-hetero) is 1. The monoisotopic (exact) mass is 396 g/mol. The number of nitrogens with two attached hydrogens (primary N) is 1. The van der Waals surface area contributed by atoms with Crippen LogP contribution in [0, 0.1) is 0 Å². The van der Waals surface area contributed by atoms with Crippen molar-refractivity contribution in [2.75, 3.05) is 19.5 Å². The number of nitrogens with one attached hydrogen (secondary N) is 1. The Morgan fingerprint density at radius 3 is 2.17 bits per heavy atom. The highest BCUT2D eigenvalue weighted by Crippen LogP contribution is 2.43. The van der Waals surface area contributed by atoms with Crippen LogP contribution in [0.3, 0.4) is 0 Å². The van der Waals surface area contributed by atoms with Gasteiger partial charge in [-0.15, -0.1) is 0 Å². The van der Waals surface area contributed by atoms with Crippen LogP contribution in [0.2, 0.25) is 0 Å². The molecule has 0 heterocycles. The number of rotatable bonds is 7. The number of ketones is 1. The summed E-state index contributed by atoms with van der Waals surface area (Å²) in [6.07, 6.45) is 3.95. The minimum absolute atomic E-state index is 0.0118. The zero-order valence-corrected chi connectivity index (χ0v) is 17.2. The Hall–Kier alpha value is -2.86. The maximum Gasteiger partial charge on any atom is 0.255 e. The zero-order chi connectivity index (χ0) is 21.0. The first-order valence-electron chi connectivity index (χ1n) is 9.81. The van der Waals surface area contributed by atoms with Crippen molar-refractivity contribution in [1.29, 1.82) is 0 Å². The summed E-state index contributed by atoms with van der Waals surface area (Å²) in [5, 5.41) is 2.90. The first kappa shape index (κ1) is 20.9. The molecular formula is C23H28N2O4. The van der Waals surface area contributed by atoms with Crippen LogP contribution in [-0.2, 0) is 10.2 Å². The number of hydrogen-bond acceptors (Lipinski definition) is 5. The van der Waals surface area contributed by atoms with Gasteiger partial charge in [0.05, 0.1) is 20.3 Å². The van der Waals surface area contributed by atoms with E-state index in [-0.39, 0.29) is 17.1 Å². The van der Waals surface area contributed by atoms with Crippen LogP contribution < -0.4 is 20.5 Å². The van der Waals surface area contributed by atoms with E-state index in [0.29, 0.717) is 22.7 Å². The van der Waals surface area contributed by atoms with Crippen LogP contribution in [0.25, 0.3) is 0 Å². The largest absolute Gasteiger partial charge is 0.493 e. The Kier molecular flexibility index (Phi) is 6.23. The molecule has 0 bridgehead atoms. The molecule has 1 unspecified atom stereocenters. The van der Waals surface area contributed by atoms with Gasteiger partial charge in [0, 0.05) is 16.7 Å². The van der Waals surface area contributed by atoms with Crippen LogP contribution in [0.15, 0.2) is 42.5 Å².